The Labute approximate surface area is 159 Å². The molecule has 0 aliphatic carbocycles. The van der Waals surface area contributed by atoms with Crippen LogP contribution in [-0.2, 0) is 6.42 Å². The van der Waals surface area contributed by atoms with Crippen LogP contribution in [0.4, 0.5) is 0 Å². The third-order valence-corrected chi connectivity index (χ3v) is 4.45. The fraction of sp³-hybridized carbons (Fsp3) is 0.174. The molecule has 0 saturated heterocycles. The average molecular weight is 362 g/mol. The molecule has 0 fully saturated rings. The molecule has 138 valence electrons. The lowest BCUT2D eigenvalue weighted by molar-refractivity contribution is 0.0692. The molecule has 0 saturated carbocycles. The summed E-state index contributed by atoms with van der Waals surface area (Å²) in [6.07, 6.45) is 0.721. The Morgan fingerprint density at radius 2 is 1.78 bits per heavy atom. The van der Waals surface area contributed by atoms with Gasteiger partial charge in [-0.25, -0.2) is 4.79 Å². The molecule has 3 aromatic carbocycles. The van der Waals surface area contributed by atoms with Gasteiger partial charge in [-0.05, 0) is 53.4 Å². The molecular weight excluding hydrogens is 340 g/mol. The largest absolute Gasteiger partial charge is 0.497 e. The van der Waals surface area contributed by atoms with Crippen molar-refractivity contribution in [2.45, 2.75) is 13.3 Å². The van der Waals surface area contributed by atoms with Crippen LogP contribution < -0.4 is 9.47 Å². The Morgan fingerprint density at radius 1 is 1.00 bits per heavy atom. The topological polar surface area (TPSA) is 55.8 Å². The molecule has 0 bridgehead atoms. The molecule has 0 aromatic heterocycles. The quantitative estimate of drug-likeness (QED) is 0.643. The second kappa shape index (κ2) is 8.41. The molecule has 1 N–H and O–H groups in total. The Bertz CT molecular complexity index is 932. The van der Waals surface area contributed by atoms with Crippen molar-refractivity contribution in [1.29, 1.82) is 0 Å². The van der Waals surface area contributed by atoms with Crippen molar-refractivity contribution < 1.29 is 19.4 Å². The highest BCUT2D eigenvalue weighted by Crippen LogP contribution is 2.31. The van der Waals surface area contributed by atoms with Gasteiger partial charge < -0.3 is 14.6 Å². The van der Waals surface area contributed by atoms with E-state index in [0.29, 0.717) is 12.4 Å². The monoisotopic (exact) mass is 362 g/mol. The molecular formula is C23H22O4. The number of carboxylic acids is 1. The van der Waals surface area contributed by atoms with E-state index in [1.807, 2.05) is 61.5 Å². The zero-order valence-corrected chi connectivity index (χ0v) is 15.4. The van der Waals surface area contributed by atoms with Crippen LogP contribution in [0.1, 0.15) is 21.5 Å². The summed E-state index contributed by atoms with van der Waals surface area (Å²) in [5.74, 6) is 0.154. The first-order valence-electron chi connectivity index (χ1n) is 8.77. The van der Waals surface area contributed by atoms with Gasteiger partial charge in [0.05, 0.1) is 13.7 Å². The van der Waals surface area contributed by atoms with Crippen molar-refractivity contribution in [3.8, 4) is 22.6 Å². The highest BCUT2D eigenvalue weighted by molar-refractivity contribution is 5.93. The minimum Gasteiger partial charge on any atom is -0.497 e. The summed E-state index contributed by atoms with van der Waals surface area (Å²) < 4.78 is 11.0. The maximum absolute atomic E-state index is 11.7. The van der Waals surface area contributed by atoms with Gasteiger partial charge >= 0.3 is 5.97 Å². The number of hydrogen-bond donors (Lipinski definition) is 1. The number of aromatic carboxylic acids is 1. The SMILES string of the molecule is COc1ccc(-c2ccc(OCCc3ccccc3)c(C(=O)O)c2)c(C)c1. The van der Waals surface area contributed by atoms with Gasteiger partial charge in [-0.1, -0.05) is 42.5 Å². The molecule has 4 nitrogen and oxygen atoms in total. The van der Waals surface area contributed by atoms with Crippen LogP contribution in [0.25, 0.3) is 11.1 Å². The minimum atomic E-state index is -1.00. The molecule has 0 spiro atoms. The molecule has 0 heterocycles. The first kappa shape index (κ1) is 18.5. The van der Waals surface area contributed by atoms with Crippen LogP contribution in [0.15, 0.2) is 66.7 Å². The zero-order valence-electron chi connectivity index (χ0n) is 15.4. The number of carbonyl (C=O) groups is 1. The van der Waals surface area contributed by atoms with Crippen LogP contribution in [0, 0.1) is 6.92 Å². The molecule has 3 aromatic rings. The van der Waals surface area contributed by atoms with Crippen molar-refractivity contribution in [2.75, 3.05) is 13.7 Å². The van der Waals surface area contributed by atoms with Crippen LogP contribution in [0.5, 0.6) is 11.5 Å². The molecule has 27 heavy (non-hydrogen) atoms. The first-order valence-corrected chi connectivity index (χ1v) is 8.77. The number of ether oxygens (including phenoxy) is 2. The summed E-state index contributed by atoms with van der Waals surface area (Å²) in [7, 11) is 1.62. The average Bonchev–Trinajstić information content (AvgIpc) is 2.69. The highest BCUT2D eigenvalue weighted by Gasteiger charge is 2.14. The van der Waals surface area contributed by atoms with Gasteiger partial charge in [-0.2, -0.15) is 0 Å². The van der Waals surface area contributed by atoms with E-state index in [1.165, 1.54) is 0 Å². The van der Waals surface area contributed by atoms with E-state index in [2.05, 4.69) is 0 Å². The van der Waals surface area contributed by atoms with Crippen LogP contribution >= 0.6 is 0 Å². The Balaban J connectivity index is 1.81. The Morgan fingerprint density at radius 3 is 2.44 bits per heavy atom. The van der Waals surface area contributed by atoms with E-state index in [1.54, 1.807) is 19.2 Å². The van der Waals surface area contributed by atoms with E-state index in [-0.39, 0.29) is 5.56 Å². The molecule has 0 aliphatic heterocycles. The molecule has 0 aliphatic rings. The van der Waals surface area contributed by atoms with Crippen LogP contribution in [0.3, 0.4) is 0 Å². The van der Waals surface area contributed by atoms with Gasteiger partial charge in [0, 0.05) is 6.42 Å². The maximum atomic E-state index is 11.7. The third-order valence-electron chi connectivity index (χ3n) is 4.45. The lowest BCUT2D eigenvalue weighted by Gasteiger charge is -2.13. The summed E-state index contributed by atoms with van der Waals surface area (Å²) in [6.45, 7) is 2.40. The Hall–Kier alpha value is -3.27. The molecule has 3 rings (SSSR count). The minimum absolute atomic E-state index is 0.163. The summed E-state index contributed by atoms with van der Waals surface area (Å²) in [6, 6.07) is 21.0. The summed E-state index contributed by atoms with van der Waals surface area (Å²) in [5, 5.41) is 9.60. The normalized spacial score (nSPS) is 10.4. The molecule has 0 radical (unpaired) electrons. The molecule has 4 heteroatoms. The van der Waals surface area contributed by atoms with Crippen LogP contribution in [0.2, 0.25) is 0 Å². The maximum Gasteiger partial charge on any atom is 0.339 e. The summed E-state index contributed by atoms with van der Waals surface area (Å²) in [4.78, 5) is 11.7. The lowest BCUT2D eigenvalue weighted by Crippen LogP contribution is -2.06. The second-order valence-corrected chi connectivity index (χ2v) is 6.28. The van der Waals surface area contributed by atoms with Crippen LogP contribution in [-0.4, -0.2) is 24.8 Å². The third kappa shape index (κ3) is 4.47. The predicted molar refractivity (Wildman–Crippen MR) is 106 cm³/mol. The van der Waals surface area contributed by atoms with Gasteiger partial charge in [0.15, 0.2) is 0 Å². The number of hydrogen-bond acceptors (Lipinski definition) is 3. The van der Waals surface area contributed by atoms with Crippen molar-refractivity contribution in [1.82, 2.24) is 0 Å². The van der Waals surface area contributed by atoms with Gasteiger partial charge in [0.25, 0.3) is 0 Å². The van der Waals surface area contributed by atoms with Crippen molar-refractivity contribution in [3.63, 3.8) is 0 Å². The van der Waals surface area contributed by atoms with Crippen molar-refractivity contribution in [2.24, 2.45) is 0 Å². The number of rotatable bonds is 7. The van der Waals surface area contributed by atoms with Crippen molar-refractivity contribution >= 4 is 5.97 Å². The molecule has 0 unspecified atom stereocenters. The smallest absolute Gasteiger partial charge is 0.339 e. The van der Waals surface area contributed by atoms with Gasteiger partial charge in [0.2, 0.25) is 0 Å². The number of benzene rings is 3. The van der Waals surface area contributed by atoms with E-state index >= 15 is 0 Å². The van der Waals surface area contributed by atoms with Gasteiger partial charge in [0.1, 0.15) is 17.1 Å². The van der Waals surface area contributed by atoms with Gasteiger partial charge in [-0.15, -0.1) is 0 Å². The predicted octanol–water partition coefficient (Wildman–Crippen LogP) is 4.99. The van der Waals surface area contributed by atoms with Gasteiger partial charge in [-0.3, -0.25) is 0 Å². The highest BCUT2D eigenvalue weighted by atomic mass is 16.5. The number of methoxy groups -OCH3 is 1. The number of aryl methyl sites for hydroxylation is 1. The summed E-state index contributed by atoms with van der Waals surface area (Å²) in [5.41, 5.74) is 4.14. The number of carboxylic acid groups (broad SMARTS) is 1. The van der Waals surface area contributed by atoms with Crippen molar-refractivity contribution in [3.05, 3.63) is 83.4 Å². The van der Waals surface area contributed by atoms with E-state index in [4.69, 9.17) is 9.47 Å². The van der Waals surface area contributed by atoms with E-state index in [9.17, 15) is 9.90 Å². The second-order valence-electron chi connectivity index (χ2n) is 6.28. The molecule has 0 atom stereocenters. The first-order chi connectivity index (χ1) is 13.1. The van der Waals surface area contributed by atoms with E-state index in [0.717, 1.165) is 34.4 Å². The standard InChI is InChI=1S/C23H22O4/c1-16-14-19(26-2)9-10-20(16)18-8-11-22(21(15-18)23(24)25)27-13-12-17-6-4-3-5-7-17/h3-11,14-15H,12-13H2,1-2H3,(H,24,25). The fourth-order valence-corrected chi connectivity index (χ4v) is 3.00. The Kier molecular flexibility index (Phi) is 5.77. The summed E-state index contributed by atoms with van der Waals surface area (Å²) >= 11 is 0. The molecule has 0 amide bonds. The zero-order chi connectivity index (χ0) is 19.2. The lowest BCUT2D eigenvalue weighted by atomic mass is 9.98. The van der Waals surface area contributed by atoms with E-state index < -0.39 is 5.97 Å². The fourth-order valence-electron chi connectivity index (χ4n) is 3.00.